The zero-order valence-electron chi connectivity index (χ0n) is 35.3. The summed E-state index contributed by atoms with van der Waals surface area (Å²) < 4.78 is 21.3. The van der Waals surface area contributed by atoms with E-state index in [1.807, 2.05) is 18.2 Å². The molecule has 10 aromatic carbocycles. The van der Waals surface area contributed by atoms with Crippen molar-refractivity contribution in [3.63, 3.8) is 0 Å². The quantitative estimate of drug-likeness (QED) is 0.162. The van der Waals surface area contributed by atoms with Gasteiger partial charge in [-0.1, -0.05) is 188 Å². The fourth-order valence-electron chi connectivity index (χ4n) is 11.7. The van der Waals surface area contributed by atoms with Crippen LogP contribution in [0.15, 0.2) is 237 Å². The normalized spacial score (nSPS) is 17.1. The van der Waals surface area contributed by atoms with E-state index in [0.29, 0.717) is 0 Å². The summed E-state index contributed by atoms with van der Waals surface area (Å²) in [7, 11) is -3.36. The second kappa shape index (κ2) is 13.5. The Morgan fingerprint density at radius 3 is 1.51 bits per heavy atom. The van der Waals surface area contributed by atoms with Gasteiger partial charge >= 0.3 is 0 Å². The Balaban J connectivity index is 0.963. The van der Waals surface area contributed by atoms with E-state index in [1.54, 1.807) is 0 Å². The van der Waals surface area contributed by atoms with Crippen LogP contribution in [0.3, 0.4) is 0 Å². The average molecular weight is 847 g/mol. The molecule has 0 saturated carbocycles. The van der Waals surface area contributed by atoms with Crippen LogP contribution in [0.4, 0.5) is 0 Å². The lowest BCUT2D eigenvalue weighted by molar-refractivity contribution is 0.590. The molecule has 2 aliphatic rings. The largest absolute Gasteiger partial charge is 0.309 e. The van der Waals surface area contributed by atoms with Gasteiger partial charge in [-0.15, -0.1) is 0 Å². The lowest BCUT2D eigenvalue weighted by Crippen LogP contribution is -2.48. The van der Waals surface area contributed by atoms with Crippen molar-refractivity contribution in [3.8, 4) is 33.6 Å². The third-order valence-corrected chi connectivity index (χ3v) is 17.6. The second-order valence-electron chi connectivity index (χ2n) is 17.5. The molecule has 2 aliphatic heterocycles. The van der Waals surface area contributed by atoms with Crippen LogP contribution in [0.5, 0.6) is 0 Å². The van der Waals surface area contributed by atoms with Crippen molar-refractivity contribution in [1.82, 2.24) is 9.13 Å². The molecule has 1 spiro atoms. The van der Waals surface area contributed by atoms with Crippen LogP contribution in [0.1, 0.15) is 22.3 Å². The molecule has 0 N–H and O–H groups in total. The lowest BCUT2D eigenvalue weighted by Gasteiger charge is -2.47. The molecule has 0 bridgehead atoms. The van der Waals surface area contributed by atoms with Gasteiger partial charge in [0.05, 0.1) is 33.2 Å². The summed E-state index contributed by atoms with van der Waals surface area (Å²) in [6.07, 6.45) is 0. The number of benzene rings is 10. The topological polar surface area (TPSA) is 26.9 Å². The molecule has 12 aromatic rings. The van der Waals surface area contributed by atoms with Crippen molar-refractivity contribution in [2.45, 2.75) is 5.41 Å². The Bertz CT molecular complexity index is 3920. The van der Waals surface area contributed by atoms with Crippen LogP contribution in [0.25, 0.3) is 77.2 Å². The molecule has 0 saturated heterocycles. The van der Waals surface area contributed by atoms with Gasteiger partial charge in [0.2, 0.25) is 0 Å². The number of rotatable bonds is 4. The molecule has 65 heavy (non-hydrogen) atoms. The van der Waals surface area contributed by atoms with E-state index >= 15 is 4.57 Å². The predicted octanol–water partition coefficient (Wildman–Crippen LogP) is 13.9. The van der Waals surface area contributed by atoms with Crippen molar-refractivity contribution in [3.05, 3.63) is 259 Å². The van der Waals surface area contributed by atoms with Crippen molar-refractivity contribution < 1.29 is 4.57 Å². The fourth-order valence-corrected chi connectivity index (χ4v) is 14.8. The summed E-state index contributed by atoms with van der Waals surface area (Å²) in [5.74, 6) is 0. The van der Waals surface area contributed by atoms with Gasteiger partial charge in [0.15, 0.2) is 7.14 Å². The first-order valence-corrected chi connectivity index (χ1v) is 24.1. The molecule has 0 aliphatic carbocycles. The molecule has 2 atom stereocenters. The van der Waals surface area contributed by atoms with Gasteiger partial charge in [-0.3, -0.25) is 0 Å². The van der Waals surface area contributed by atoms with Gasteiger partial charge in [0.25, 0.3) is 0 Å². The maximum absolute atomic E-state index is 16.5. The zero-order chi connectivity index (χ0) is 42.9. The van der Waals surface area contributed by atoms with Crippen molar-refractivity contribution in [2.24, 2.45) is 0 Å². The van der Waals surface area contributed by atoms with Crippen LogP contribution < -0.4 is 15.9 Å². The number of hydrogen-bond donors (Lipinski definition) is 0. The monoisotopic (exact) mass is 846 g/mol. The van der Waals surface area contributed by atoms with Crippen LogP contribution in [0.2, 0.25) is 0 Å². The highest BCUT2D eigenvalue weighted by Gasteiger charge is 2.54. The number of fused-ring (bicyclic) bond motifs is 14. The molecule has 2 unspecified atom stereocenters. The standard InChI is InChI=1S/C61H39N2OP/c64-65(45-15-2-1-3-16-45)58-28-13-8-22-51(58)61(50-21-7-12-27-57(50)63-56-26-11-6-19-48(56)49-20-14-23-52(61)60(49)63)53-39-43(35-38-59(53)65)42-31-29-40(30-32-42)41-33-36-44(37-34-41)62-54-24-9-4-17-46(54)47-18-5-10-25-55(47)62/h1-39H. The minimum atomic E-state index is -3.36. The SMILES string of the molecule is O=P1(c2ccccc2)c2ccccc2C2(c3ccccc3-n3c4ccccc4c4cccc2c43)c2cc(-c3ccc(-c4ccc(-n5c6ccccc6c6ccccc65)cc4)cc3)ccc21. The molecule has 0 amide bonds. The Morgan fingerprint density at radius 1 is 0.338 bits per heavy atom. The van der Waals surface area contributed by atoms with Crippen molar-refractivity contribution in [2.75, 3.05) is 0 Å². The van der Waals surface area contributed by atoms with Crippen molar-refractivity contribution in [1.29, 1.82) is 0 Å². The van der Waals surface area contributed by atoms with Gasteiger partial charge in [-0.25, -0.2) is 0 Å². The summed E-state index contributed by atoms with van der Waals surface area (Å²) in [5.41, 5.74) is 15.4. The van der Waals surface area contributed by atoms with Gasteiger partial charge < -0.3 is 13.7 Å². The van der Waals surface area contributed by atoms with Crippen LogP contribution >= 0.6 is 7.14 Å². The average Bonchev–Trinajstić information content (AvgIpc) is 3.90. The smallest absolute Gasteiger partial charge is 0.171 e. The van der Waals surface area contributed by atoms with Crippen molar-refractivity contribution >= 4 is 66.7 Å². The van der Waals surface area contributed by atoms with Gasteiger partial charge in [0, 0.05) is 43.1 Å². The van der Waals surface area contributed by atoms with Crippen LogP contribution in [0, 0.1) is 0 Å². The first-order chi connectivity index (χ1) is 32.1. The van der Waals surface area contributed by atoms with E-state index in [9.17, 15) is 0 Å². The molecule has 0 fully saturated rings. The summed E-state index contributed by atoms with van der Waals surface area (Å²) in [5, 5.41) is 7.61. The Morgan fingerprint density at radius 2 is 0.815 bits per heavy atom. The van der Waals surface area contributed by atoms with Gasteiger partial charge in [0.1, 0.15) is 0 Å². The Labute approximate surface area is 376 Å². The summed E-state index contributed by atoms with van der Waals surface area (Å²) in [6, 6.07) is 85.1. The van der Waals surface area contributed by atoms with E-state index in [0.717, 1.165) is 60.7 Å². The van der Waals surface area contributed by atoms with E-state index in [1.165, 1.54) is 54.7 Å². The van der Waals surface area contributed by atoms with Gasteiger partial charge in [-0.2, -0.15) is 0 Å². The molecular formula is C61H39N2OP. The highest BCUT2D eigenvalue weighted by Crippen LogP contribution is 2.61. The predicted molar refractivity (Wildman–Crippen MR) is 271 cm³/mol. The summed E-state index contributed by atoms with van der Waals surface area (Å²) >= 11 is 0. The zero-order valence-corrected chi connectivity index (χ0v) is 36.2. The van der Waals surface area contributed by atoms with E-state index in [4.69, 9.17) is 0 Å². The molecule has 14 rings (SSSR count). The lowest BCUT2D eigenvalue weighted by atomic mass is 9.62. The third-order valence-electron chi connectivity index (χ3n) is 14.4. The number of nitrogens with zero attached hydrogens (tertiary/aromatic N) is 2. The second-order valence-corrected chi connectivity index (χ2v) is 20.2. The number of para-hydroxylation sites is 5. The summed E-state index contributed by atoms with van der Waals surface area (Å²) in [4.78, 5) is 0. The van der Waals surface area contributed by atoms with Gasteiger partial charge in [-0.05, 0) is 93.0 Å². The molecule has 0 radical (unpaired) electrons. The third kappa shape index (κ3) is 4.83. The fraction of sp³-hybridized carbons (Fsp3) is 0.0164. The molecular weight excluding hydrogens is 808 g/mol. The highest BCUT2D eigenvalue weighted by molar-refractivity contribution is 7.85. The van der Waals surface area contributed by atoms with E-state index in [-0.39, 0.29) is 0 Å². The Kier molecular flexibility index (Phi) is 7.59. The highest BCUT2D eigenvalue weighted by atomic mass is 31.2. The molecule has 4 heterocycles. The minimum absolute atomic E-state index is 0.761. The maximum Gasteiger partial charge on any atom is 0.171 e. The Hall–Kier alpha value is -7.97. The first-order valence-electron chi connectivity index (χ1n) is 22.4. The number of hydrogen-bond acceptors (Lipinski definition) is 1. The minimum Gasteiger partial charge on any atom is -0.309 e. The maximum atomic E-state index is 16.5. The van der Waals surface area contributed by atoms with Crippen LogP contribution in [-0.4, -0.2) is 9.13 Å². The van der Waals surface area contributed by atoms with E-state index in [2.05, 4.69) is 228 Å². The molecule has 304 valence electrons. The molecule has 2 aromatic heterocycles. The molecule has 3 nitrogen and oxygen atoms in total. The van der Waals surface area contributed by atoms with E-state index < -0.39 is 12.6 Å². The number of aromatic nitrogens is 2. The first kappa shape index (κ1) is 36.5. The van der Waals surface area contributed by atoms with Crippen LogP contribution in [-0.2, 0) is 9.98 Å². The molecule has 4 heteroatoms. The summed E-state index contributed by atoms with van der Waals surface area (Å²) in [6.45, 7) is 0.